The van der Waals surface area contributed by atoms with Crippen molar-refractivity contribution in [2.24, 2.45) is 0 Å². The summed E-state index contributed by atoms with van der Waals surface area (Å²) >= 11 is 0. The van der Waals surface area contributed by atoms with Crippen LogP contribution in [0.1, 0.15) is 42.4 Å². The van der Waals surface area contributed by atoms with Gasteiger partial charge in [0.05, 0.1) is 11.3 Å². The van der Waals surface area contributed by atoms with Gasteiger partial charge in [0.2, 0.25) is 0 Å². The third kappa shape index (κ3) is 3.22. The van der Waals surface area contributed by atoms with Crippen LogP contribution in [0, 0.1) is 0 Å². The van der Waals surface area contributed by atoms with Crippen molar-refractivity contribution in [1.29, 1.82) is 0 Å². The number of rotatable bonds is 3. The first-order valence-electron chi connectivity index (χ1n) is 7.79. The van der Waals surface area contributed by atoms with Crippen LogP contribution in [0.25, 0.3) is 0 Å². The smallest absolute Gasteiger partial charge is 0.255 e. The number of fused-ring (bicyclic) bond motifs is 1. The summed E-state index contributed by atoms with van der Waals surface area (Å²) in [6.45, 7) is 5.98. The molecule has 1 aliphatic heterocycles. The molecule has 2 aromatic rings. The van der Waals surface area contributed by atoms with Crippen LogP contribution in [0.3, 0.4) is 0 Å². The molecular formula is C17H21N3O3. The van der Waals surface area contributed by atoms with Gasteiger partial charge < -0.3 is 15.2 Å². The quantitative estimate of drug-likeness (QED) is 0.752. The maximum Gasteiger partial charge on any atom is 0.255 e. The summed E-state index contributed by atoms with van der Waals surface area (Å²) in [6, 6.07) is 4.80. The van der Waals surface area contributed by atoms with Gasteiger partial charge in [-0.1, -0.05) is 19.9 Å². The first-order chi connectivity index (χ1) is 10.9. The van der Waals surface area contributed by atoms with Crippen LogP contribution in [0.2, 0.25) is 0 Å². The Labute approximate surface area is 134 Å². The maximum absolute atomic E-state index is 12.3. The Balaban J connectivity index is 1.80. The maximum atomic E-state index is 12.3. The minimum atomic E-state index is -0.125. The molecule has 0 unspecified atom stereocenters. The van der Waals surface area contributed by atoms with E-state index in [9.17, 15) is 15.0 Å². The van der Waals surface area contributed by atoms with Crippen molar-refractivity contribution in [1.82, 2.24) is 14.9 Å². The molecule has 0 amide bonds. The van der Waals surface area contributed by atoms with Gasteiger partial charge in [0, 0.05) is 32.0 Å². The van der Waals surface area contributed by atoms with Gasteiger partial charge in [-0.25, -0.2) is 4.98 Å². The van der Waals surface area contributed by atoms with E-state index in [1.165, 1.54) is 6.07 Å². The summed E-state index contributed by atoms with van der Waals surface area (Å²) in [5, 5.41) is 18.9. The number of hydrogen-bond donors (Lipinski definition) is 3. The molecule has 1 aromatic heterocycles. The Morgan fingerprint density at radius 2 is 2.09 bits per heavy atom. The predicted octanol–water partition coefficient (Wildman–Crippen LogP) is 1.86. The fourth-order valence-corrected chi connectivity index (χ4v) is 2.83. The van der Waals surface area contributed by atoms with Crippen LogP contribution in [-0.2, 0) is 19.5 Å². The lowest BCUT2D eigenvalue weighted by molar-refractivity contribution is 0.241. The van der Waals surface area contributed by atoms with Gasteiger partial charge in [-0.2, -0.15) is 0 Å². The minimum Gasteiger partial charge on any atom is -0.504 e. The van der Waals surface area contributed by atoms with Crippen LogP contribution in [-0.4, -0.2) is 31.6 Å². The number of aromatic amines is 1. The summed E-state index contributed by atoms with van der Waals surface area (Å²) in [4.78, 5) is 21.9. The van der Waals surface area contributed by atoms with E-state index in [0.717, 1.165) is 35.6 Å². The first kappa shape index (κ1) is 15.6. The molecule has 1 aliphatic rings. The van der Waals surface area contributed by atoms with E-state index in [0.29, 0.717) is 13.1 Å². The first-order valence-corrected chi connectivity index (χ1v) is 7.79. The van der Waals surface area contributed by atoms with E-state index in [1.54, 1.807) is 12.1 Å². The molecule has 6 heteroatoms. The van der Waals surface area contributed by atoms with Gasteiger partial charge in [-0.05, 0) is 17.7 Å². The van der Waals surface area contributed by atoms with Gasteiger partial charge >= 0.3 is 0 Å². The van der Waals surface area contributed by atoms with Gasteiger partial charge in [0.1, 0.15) is 5.82 Å². The van der Waals surface area contributed by atoms with E-state index in [2.05, 4.69) is 14.9 Å². The molecule has 3 rings (SSSR count). The lowest BCUT2D eigenvalue weighted by Crippen LogP contribution is -2.35. The molecular weight excluding hydrogens is 294 g/mol. The van der Waals surface area contributed by atoms with Crippen LogP contribution < -0.4 is 5.56 Å². The van der Waals surface area contributed by atoms with Crippen molar-refractivity contribution in [3.8, 4) is 11.5 Å². The number of nitrogens with one attached hydrogen (secondary N) is 1. The molecule has 0 bridgehead atoms. The summed E-state index contributed by atoms with van der Waals surface area (Å²) in [7, 11) is 0. The van der Waals surface area contributed by atoms with Crippen LogP contribution in [0.15, 0.2) is 23.0 Å². The van der Waals surface area contributed by atoms with Crippen LogP contribution in [0.4, 0.5) is 0 Å². The van der Waals surface area contributed by atoms with E-state index >= 15 is 0 Å². The highest BCUT2D eigenvalue weighted by molar-refractivity contribution is 5.40. The number of benzene rings is 1. The fraction of sp³-hybridized carbons (Fsp3) is 0.412. The predicted molar refractivity (Wildman–Crippen MR) is 86.5 cm³/mol. The van der Waals surface area contributed by atoms with E-state index in [1.807, 2.05) is 13.8 Å². The largest absolute Gasteiger partial charge is 0.504 e. The van der Waals surface area contributed by atoms with Crippen molar-refractivity contribution in [2.75, 3.05) is 6.54 Å². The Morgan fingerprint density at radius 1 is 1.30 bits per heavy atom. The molecule has 0 radical (unpaired) electrons. The fourth-order valence-electron chi connectivity index (χ4n) is 2.83. The molecule has 0 spiro atoms. The molecule has 6 nitrogen and oxygen atoms in total. The van der Waals surface area contributed by atoms with Crippen molar-refractivity contribution in [3.63, 3.8) is 0 Å². The Bertz CT molecular complexity index is 783. The number of phenols is 2. The monoisotopic (exact) mass is 315 g/mol. The van der Waals surface area contributed by atoms with Crippen molar-refractivity contribution in [2.45, 2.75) is 39.3 Å². The molecule has 0 saturated carbocycles. The molecule has 3 N–H and O–H groups in total. The number of aromatic nitrogens is 2. The van der Waals surface area contributed by atoms with Crippen molar-refractivity contribution < 1.29 is 10.2 Å². The van der Waals surface area contributed by atoms with E-state index < -0.39 is 0 Å². The average molecular weight is 315 g/mol. The molecule has 1 aromatic carbocycles. The molecule has 0 aliphatic carbocycles. The Morgan fingerprint density at radius 3 is 2.78 bits per heavy atom. The summed E-state index contributed by atoms with van der Waals surface area (Å²) < 4.78 is 0. The number of nitrogens with zero attached hydrogens (tertiary/aromatic N) is 2. The highest BCUT2D eigenvalue weighted by atomic mass is 16.3. The zero-order chi connectivity index (χ0) is 16.6. The summed E-state index contributed by atoms with van der Waals surface area (Å²) in [5.41, 5.74) is 2.45. The van der Waals surface area contributed by atoms with E-state index in [4.69, 9.17) is 0 Å². The number of phenolic OH excluding ortho intramolecular Hbond substituents is 2. The third-order valence-electron chi connectivity index (χ3n) is 4.16. The normalized spacial score (nSPS) is 14.9. The molecule has 2 heterocycles. The second-order valence-corrected chi connectivity index (χ2v) is 6.31. The molecule has 0 saturated heterocycles. The molecule has 23 heavy (non-hydrogen) atoms. The topological polar surface area (TPSA) is 89.5 Å². The van der Waals surface area contributed by atoms with Crippen LogP contribution in [0.5, 0.6) is 11.5 Å². The standard InChI is InChI=1S/C17H21N3O3/c1-10(2)16-18-13-5-6-20(9-12(13)17(23)19-16)8-11-3-4-14(21)15(22)7-11/h3-4,7,10,21-22H,5-6,8-9H2,1-2H3,(H,18,19,23). The molecule has 0 atom stereocenters. The van der Waals surface area contributed by atoms with E-state index in [-0.39, 0.29) is 23.0 Å². The van der Waals surface area contributed by atoms with Gasteiger partial charge in [0.25, 0.3) is 5.56 Å². The zero-order valence-corrected chi connectivity index (χ0v) is 13.3. The molecule has 0 fully saturated rings. The second kappa shape index (κ2) is 6.04. The highest BCUT2D eigenvalue weighted by Crippen LogP contribution is 2.26. The summed E-state index contributed by atoms with van der Waals surface area (Å²) in [6.07, 6.45) is 0.739. The van der Waals surface area contributed by atoms with Crippen molar-refractivity contribution in [3.05, 3.63) is 51.2 Å². The third-order valence-corrected chi connectivity index (χ3v) is 4.16. The number of hydrogen-bond acceptors (Lipinski definition) is 5. The zero-order valence-electron chi connectivity index (χ0n) is 13.3. The number of H-pyrrole nitrogens is 1. The van der Waals surface area contributed by atoms with Crippen LogP contribution >= 0.6 is 0 Å². The lowest BCUT2D eigenvalue weighted by atomic mass is 10.0. The number of aromatic hydroxyl groups is 2. The minimum absolute atomic E-state index is 0.0584. The Hall–Kier alpha value is -2.34. The average Bonchev–Trinajstić information content (AvgIpc) is 2.51. The lowest BCUT2D eigenvalue weighted by Gasteiger charge is -2.28. The van der Waals surface area contributed by atoms with Gasteiger partial charge in [0.15, 0.2) is 11.5 Å². The molecule has 122 valence electrons. The van der Waals surface area contributed by atoms with Crippen molar-refractivity contribution >= 4 is 0 Å². The van der Waals surface area contributed by atoms with Gasteiger partial charge in [-0.15, -0.1) is 0 Å². The second-order valence-electron chi connectivity index (χ2n) is 6.31. The Kier molecular flexibility index (Phi) is 4.09. The SMILES string of the molecule is CC(C)c1nc2c(c(=O)[nH]1)CN(Cc1ccc(O)c(O)c1)CC2. The highest BCUT2D eigenvalue weighted by Gasteiger charge is 2.22. The summed E-state index contributed by atoms with van der Waals surface area (Å²) in [5.74, 6) is 0.692. The van der Waals surface area contributed by atoms with Gasteiger partial charge in [-0.3, -0.25) is 9.69 Å².